The predicted octanol–water partition coefficient (Wildman–Crippen LogP) is 2.96. The van der Waals surface area contributed by atoms with Gasteiger partial charge in [0.15, 0.2) is 0 Å². The number of benzene rings is 1. The van der Waals surface area contributed by atoms with Crippen molar-refractivity contribution in [2.45, 2.75) is 18.9 Å². The Bertz CT molecular complexity index is 536. The highest BCUT2D eigenvalue weighted by Crippen LogP contribution is 2.35. The molecular formula is C13H13N3S. The van der Waals surface area contributed by atoms with E-state index in [9.17, 15) is 0 Å². The Kier molecular flexibility index (Phi) is 2.79. The van der Waals surface area contributed by atoms with Crippen molar-refractivity contribution in [1.82, 2.24) is 9.88 Å². The second-order valence-electron chi connectivity index (χ2n) is 4.31. The number of aromatic nitrogens is 1. The average Bonchev–Trinajstić information content (AvgIpc) is 2.94. The Morgan fingerprint density at radius 3 is 3.18 bits per heavy atom. The summed E-state index contributed by atoms with van der Waals surface area (Å²) < 4.78 is 1.24. The van der Waals surface area contributed by atoms with E-state index in [4.69, 9.17) is 10.2 Å². The molecule has 0 bridgehead atoms. The summed E-state index contributed by atoms with van der Waals surface area (Å²) in [4.78, 5) is 6.93. The van der Waals surface area contributed by atoms with E-state index in [0.29, 0.717) is 12.6 Å². The summed E-state index contributed by atoms with van der Waals surface area (Å²) in [5.41, 5.74) is 1.08. The first-order valence-electron chi connectivity index (χ1n) is 5.85. The fraction of sp³-hybridized carbons (Fsp3) is 0.385. The smallest absolute Gasteiger partial charge is 0.111 e. The van der Waals surface area contributed by atoms with Gasteiger partial charge in [-0.3, -0.25) is 4.90 Å². The van der Waals surface area contributed by atoms with Crippen LogP contribution in [0, 0.1) is 11.3 Å². The van der Waals surface area contributed by atoms with Crippen molar-refractivity contribution in [2.75, 3.05) is 13.1 Å². The van der Waals surface area contributed by atoms with Gasteiger partial charge in [0, 0.05) is 0 Å². The third-order valence-corrected chi connectivity index (χ3v) is 4.37. The number of para-hydroxylation sites is 1. The maximum Gasteiger partial charge on any atom is 0.111 e. The van der Waals surface area contributed by atoms with Crippen LogP contribution < -0.4 is 0 Å². The number of hydrogen-bond donors (Lipinski definition) is 0. The standard InChI is InChI=1S/C13H13N3S/c14-7-9-16-8-3-5-11(16)13-15-10-4-1-2-6-12(10)17-13/h1-2,4,6,11H,3,5,8-9H2/t11-/m0/s1. The van der Waals surface area contributed by atoms with Gasteiger partial charge in [0.2, 0.25) is 0 Å². The molecule has 0 unspecified atom stereocenters. The highest BCUT2D eigenvalue weighted by molar-refractivity contribution is 7.18. The number of likely N-dealkylation sites (tertiary alicyclic amines) is 1. The summed E-state index contributed by atoms with van der Waals surface area (Å²) >= 11 is 1.76. The van der Waals surface area contributed by atoms with Crippen LogP contribution >= 0.6 is 11.3 Å². The molecule has 4 heteroatoms. The summed E-state index contributed by atoms with van der Waals surface area (Å²) in [6.07, 6.45) is 2.30. The van der Waals surface area contributed by atoms with Crippen molar-refractivity contribution < 1.29 is 0 Å². The Morgan fingerprint density at radius 1 is 1.47 bits per heavy atom. The lowest BCUT2D eigenvalue weighted by Crippen LogP contribution is -2.23. The molecule has 2 aromatic rings. The number of nitriles is 1. The summed E-state index contributed by atoms with van der Waals surface area (Å²) in [5, 5.41) is 9.99. The summed E-state index contributed by atoms with van der Waals surface area (Å²) in [6.45, 7) is 1.54. The van der Waals surface area contributed by atoms with Crippen LogP contribution in [0.25, 0.3) is 10.2 Å². The maximum absolute atomic E-state index is 8.82. The second-order valence-corrected chi connectivity index (χ2v) is 5.37. The van der Waals surface area contributed by atoms with E-state index >= 15 is 0 Å². The zero-order valence-electron chi connectivity index (χ0n) is 9.47. The van der Waals surface area contributed by atoms with Crippen LogP contribution in [-0.2, 0) is 0 Å². The van der Waals surface area contributed by atoms with Crippen molar-refractivity contribution in [1.29, 1.82) is 5.26 Å². The topological polar surface area (TPSA) is 39.9 Å². The molecular weight excluding hydrogens is 230 g/mol. The quantitative estimate of drug-likeness (QED) is 0.761. The van der Waals surface area contributed by atoms with Gasteiger partial charge in [-0.1, -0.05) is 12.1 Å². The van der Waals surface area contributed by atoms with Crippen LogP contribution in [-0.4, -0.2) is 23.0 Å². The minimum absolute atomic E-state index is 0.354. The molecule has 2 heterocycles. The van der Waals surface area contributed by atoms with Gasteiger partial charge in [0.1, 0.15) is 5.01 Å². The molecule has 0 radical (unpaired) electrons. The highest BCUT2D eigenvalue weighted by atomic mass is 32.1. The largest absolute Gasteiger partial charge is 0.281 e. The van der Waals surface area contributed by atoms with Gasteiger partial charge >= 0.3 is 0 Å². The molecule has 86 valence electrons. The normalized spacial score (nSPS) is 20.8. The highest BCUT2D eigenvalue weighted by Gasteiger charge is 2.28. The van der Waals surface area contributed by atoms with E-state index in [0.717, 1.165) is 18.5 Å². The van der Waals surface area contributed by atoms with Crippen molar-refractivity contribution in [3.05, 3.63) is 29.3 Å². The van der Waals surface area contributed by atoms with Crippen LogP contribution in [0.1, 0.15) is 23.9 Å². The van der Waals surface area contributed by atoms with Crippen LogP contribution in [0.5, 0.6) is 0 Å². The molecule has 3 rings (SSSR count). The Labute approximate surface area is 104 Å². The summed E-state index contributed by atoms with van der Waals surface area (Å²) in [7, 11) is 0. The van der Waals surface area contributed by atoms with Crippen LogP contribution in [0.2, 0.25) is 0 Å². The molecule has 0 spiro atoms. The van der Waals surface area contributed by atoms with E-state index in [1.807, 2.05) is 12.1 Å². The van der Waals surface area contributed by atoms with Gasteiger partial charge in [-0.25, -0.2) is 4.98 Å². The summed E-state index contributed by atoms with van der Waals surface area (Å²) in [6, 6.07) is 10.8. The number of thiazole rings is 1. The van der Waals surface area contributed by atoms with Crippen molar-refractivity contribution >= 4 is 21.6 Å². The lowest BCUT2D eigenvalue weighted by Gasteiger charge is -2.18. The molecule has 0 amide bonds. The Morgan fingerprint density at radius 2 is 2.35 bits per heavy atom. The molecule has 1 aromatic heterocycles. The predicted molar refractivity (Wildman–Crippen MR) is 68.8 cm³/mol. The van der Waals surface area contributed by atoms with Gasteiger partial charge in [0.05, 0.1) is 28.9 Å². The van der Waals surface area contributed by atoms with Crippen LogP contribution in [0.4, 0.5) is 0 Å². The van der Waals surface area contributed by atoms with E-state index in [2.05, 4.69) is 23.1 Å². The molecule has 1 fully saturated rings. The fourth-order valence-corrected chi connectivity index (χ4v) is 3.56. The maximum atomic E-state index is 8.82. The summed E-state index contributed by atoms with van der Waals surface area (Å²) in [5.74, 6) is 0. The molecule has 0 aliphatic carbocycles. The minimum atomic E-state index is 0.354. The zero-order chi connectivity index (χ0) is 11.7. The number of nitrogens with zero attached hydrogens (tertiary/aromatic N) is 3. The molecule has 0 N–H and O–H groups in total. The lowest BCUT2D eigenvalue weighted by atomic mass is 10.2. The molecule has 17 heavy (non-hydrogen) atoms. The van der Waals surface area contributed by atoms with E-state index in [1.165, 1.54) is 16.1 Å². The second kappa shape index (κ2) is 4.44. The Balaban J connectivity index is 1.95. The number of hydrogen-bond acceptors (Lipinski definition) is 4. The van der Waals surface area contributed by atoms with E-state index in [-0.39, 0.29) is 0 Å². The Hall–Kier alpha value is -1.44. The average molecular weight is 243 g/mol. The van der Waals surface area contributed by atoms with Gasteiger partial charge in [-0.15, -0.1) is 11.3 Å². The molecule has 1 aromatic carbocycles. The van der Waals surface area contributed by atoms with Gasteiger partial charge in [-0.2, -0.15) is 5.26 Å². The third-order valence-electron chi connectivity index (χ3n) is 3.23. The SMILES string of the molecule is N#CCN1CCC[C@H]1c1nc2ccccc2s1. The van der Waals surface area contributed by atoms with Crippen LogP contribution in [0.3, 0.4) is 0 Å². The van der Waals surface area contributed by atoms with Gasteiger partial charge < -0.3 is 0 Å². The van der Waals surface area contributed by atoms with Crippen molar-refractivity contribution in [3.63, 3.8) is 0 Å². The first-order chi connectivity index (χ1) is 8.38. The van der Waals surface area contributed by atoms with Crippen molar-refractivity contribution in [2.24, 2.45) is 0 Å². The zero-order valence-corrected chi connectivity index (χ0v) is 10.3. The minimum Gasteiger partial charge on any atom is -0.281 e. The van der Waals surface area contributed by atoms with E-state index < -0.39 is 0 Å². The fourth-order valence-electron chi connectivity index (χ4n) is 2.42. The van der Waals surface area contributed by atoms with Gasteiger partial charge in [-0.05, 0) is 31.5 Å². The van der Waals surface area contributed by atoms with Gasteiger partial charge in [0.25, 0.3) is 0 Å². The molecule has 3 nitrogen and oxygen atoms in total. The number of fused-ring (bicyclic) bond motifs is 1. The molecule has 1 atom stereocenters. The third kappa shape index (κ3) is 1.92. The molecule has 1 aliphatic rings. The van der Waals surface area contributed by atoms with Crippen molar-refractivity contribution in [3.8, 4) is 6.07 Å². The number of rotatable bonds is 2. The molecule has 1 aliphatic heterocycles. The lowest BCUT2D eigenvalue weighted by molar-refractivity contribution is 0.288. The first-order valence-corrected chi connectivity index (χ1v) is 6.66. The van der Waals surface area contributed by atoms with Crippen LogP contribution in [0.15, 0.2) is 24.3 Å². The molecule has 0 saturated carbocycles. The first kappa shape index (κ1) is 10.7. The molecule has 1 saturated heterocycles. The monoisotopic (exact) mass is 243 g/mol. The van der Waals surface area contributed by atoms with E-state index in [1.54, 1.807) is 11.3 Å².